The van der Waals surface area contributed by atoms with E-state index < -0.39 is 46.5 Å². The Morgan fingerprint density at radius 3 is 1.88 bits per heavy atom. The minimum absolute atomic E-state index is 0.0154. The molecule has 0 heterocycles. The third kappa shape index (κ3) is 8.33. The highest BCUT2D eigenvalue weighted by Crippen LogP contribution is 2.34. The predicted octanol–water partition coefficient (Wildman–Crippen LogP) is 3.48. The van der Waals surface area contributed by atoms with Gasteiger partial charge in [0.25, 0.3) is 0 Å². The van der Waals surface area contributed by atoms with Crippen LogP contribution in [-0.2, 0) is 30.3 Å². The van der Waals surface area contributed by atoms with E-state index in [-0.39, 0.29) is 24.3 Å². The monoisotopic (exact) mass is 481 g/mol. The van der Waals surface area contributed by atoms with E-state index in [2.05, 4.69) is 4.74 Å². The van der Waals surface area contributed by atoms with E-state index in [0.717, 1.165) is 7.11 Å². The van der Waals surface area contributed by atoms with Crippen LogP contribution in [0.25, 0.3) is 0 Å². The van der Waals surface area contributed by atoms with Crippen molar-refractivity contribution >= 4 is 24.1 Å². The van der Waals surface area contributed by atoms with E-state index in [9.17, 15) is 24.3 Å². The highest BCUT2D eigenvalue weighted by Gasteiger charge is 2.37. The first-order chi connectivity index (χ1) is 15.4. The van der Waals surface area contributed by atoms with E-state index in [1.807, 2.05) is 0 Å². The van der Waals surface area contributed by atoms with Crippen LogP contribution in [0.3, 0.4) is 0 Å². The summed E-state index contributed by atoms with van der Waals surface area (Å²) in [5.74, 6) is -2.46. The number of esters is 2. The number of carbonyl (C=O) groups excluding carboxylic acids is 3. The molecule has 1 aromatic rings. The van der Waals surface area contributed by atoms with Gasteiger partial charge in [0, 0.05) is 12.8 Å². The van der Waals surface area contributed by atoms with Gasteiger partial charge in [-0.1, -0.05) is 6.07 Å². The van der Waals surface area contributed by atoms with E-state index in [1.165, 1.54) is 25.1 Å². The maximum Gasteiger partial charge on any atom is 0.508 e. The van der Waals surface area contributed by atoms with Gasteiger partial charge in [-0.05, 0) is 66.2 Å². The van der Waals surface area contributed by atoms with Crippen LogP contribution in [0.5, 0.6) is 11.5 Å². The quantitative estimate of drug-likeness (QED) is 0.417. The lowest BCUT2D eigenvalue weighted by Crippen LogP contribution is -2.52. The Hall–Kier alpha value is -3.14. The smallest absolute Gasteiger partial charge is 0.480 e. The highest BCUT2D eigenvalue weighted by atomic mass is 16.7. The molecular weight excluding hydrogens is 446 g/mol. The summed E-state index contributed by atoms with van der Waals surface area (Å²) in [7, 11) is 1.14. The number of carbonyl (C=O) groups is 4. The Kier molecular flexibility index (Phi) is 9.23. The van der Waals surface area contributed by atoms with Crippen LogP contribution in [0.1, 0.15) is 60.5 Å². The van der Waals surface area contributed by atoms with E-state index in [4.69, 9.17) is 19.9 Å². The summed E-state index contributed by atoms with van der Waals surface area (Å²) in [5.41, 5.74) is 3.09. The number of benzene rings is 1. The molecule has 0 saturated heterocycles. The standard InChI is InChI=1S/C24H35NO9/c1-14(32-21(30)31-8)12-24(25,18(26)27)13-15-9-10-16(33-19(28)22(2,3)4)17(11-15)34-20(29)23(5,6)7/h9-11,14H,12-13,25H2,1-8H3,(H,26,27)/t14-,24?/m0/s1. The molecular formula is C24H35NO9. The normalized spacial score (nSPS) is 14.4. The average Bonchev–Trinajstić information content (AvgIpc) is 2.67. The maximum absolute atomic E-state index is 12.5. The molecule has 34 heavy (non-hydrogen) atoms. The van der Waals surface area contributed by atoms with Gasteiger partial charge >= 0.3 is 24.1 Å². The van der Waals surface area contributed by atoms with Crippen LogP contribution in [0.4, 0.5) is 4.79 Å². The molecule has 0 aromatic heterocycles. The van der Waals surface area contributed by atoms with E-state index >= 15 is 0 Å². The summed E-state index contributed by atoms with van der Waals surface area (Å²) in [6.45, 7) is 11.5. The van der Waals surface area contributed by atoms with Gasteiger partial charge in [0.15, 0.2) is 11.5 Å². The van der Waals surface area contributed by atoms with Crippen molar-refractivity contribution in [1.82, 2.24) is 0 Å². The molecule has 1 rings (SSSR count). The van der Waals surface area contributed by atoms with Gasteiger partial charge < -0.3 is 29.8 Å². The molecule has 1 aromatic carbocycles. The third-order valence-corrected chi connectivity index (χ3v) is 4.70. The fourth-order valence-corrected chi connectivity index (χ4v) is 2.70. The van der Waals surface area contributed by atoms with Gasteiger partial charge in [-0.25, -0.2) is 4.79 Å². The number of hydrogen-bond acceptors (Lipinski definition) is 9. The van der Waals surface area contributed by atoms with E-state index in [0.29, 0.717) is 5.56 Å². The van der Waals surface area contributed by atoms with Gasteiger partial charge in [-0.15, -0.1) is 0 Å². The van der Waals surface area contributed by atoms with Gasteiger partial charge in [-0.2, -0.15) is 0 Å². The first kappa shape index (κ1) is 28.9. The molecule has 2 atom stereocenters. The number of ether oxygens (including phenoxy) is 4. The Bertz CT molecular complexity index is 927. The van der Waals surface area contributed by atoms with Crippen LogP contribution < -0.4 is 15.2 Å². The molecule has 190 valence electrons. The molecule has 0 amide bonds. The van der Waals surface area contributed by atoms with Crippen LogP contribution >= 0.6 is 0 Å². The summed E-state index contributed by atoms with van der Waals surface area (Å²) in [4.78, 5) is 48.2. The SMILES string of the molecule is COC(=O)O[C@@H](C)CC(N)(Cc1ccc(OC(=O)C(C)(C)C)c(OC(=O)C(C)(C)C)c1)C(=O)O. The molecule has 0 aliphatic rings. The summed E-state index contributed by atoms with van der Waals surface area (Å²) >= 11 is 0. The molecule has 0 saturated carbocycles. The number of hydrogen-bond donors (Lipinski definition) is 2. The zero-order valence-electron chi connectivity index (χ0n) is 21.0. The molecule has 0 bridgehead atoms. The van der Waals surface area contributed by atoms with Crippen LogP contribution in [0.2, 0.25) is 0 Å². The summed E-state index contributed by atoms with van der Waals surface area (Å²) in [6.07, 6.45) is -2.21. The number of rotatable bonds is 8. The lowest BCUT2D eigenvalue weighted by atomic mass is 9.86. The first-order valence-electron chi connectivity index (χ1n) is 10.7. The summed E-state index contributed by atoms with van der Waals surface area (Å²) in [6, 6.07) is 4.35. The zero-order valence-corrected chi connectivity index (χ0v) is 21.0. The Morgan fingerprint density at radius 1 is 0.941 bits per heavy atom. The molecule has 3 N–H and O–H groups in total. The Balaban J connectivity index is 3.32. The minimum atomic E-state index is -1.82. The molecule has 0 fully saturated rings. The third-order valence-electron chi connectivity index (χ3n) is 4.70. The lowest BCUT2D eigenvalue weighted by Gasteiger charge is -2.28. The van der Waals surface area contributed by atoms with Crippen molar-refractivity contribution in [2.75, 3.05) is 7.11 Å². The van der Waals surface area contributed by atoms with Gasteiger partial charge in [0.05, 0.1) is 17.9 Å². The summed E-state index contributed by atoms with van der Waals surface area (Å²) in [5, 5.41) is 9.77. The Labute approximate surface area is 199 Å². The molecule has 10 nitrogen and oxygen atoms in total. The minimum Gasteiger partial charge on any atom is -0.480 e. The number of carboxylic acid groups (broad SMARTS) is 1. The summed E-state index contributed by atoms with van der Waals surface area (Å²) < 4.78 is 20.3. The van der Waals surface area contributed by atoms with Gasteiger partial charge in [-0.3, -0.25) is 14.4 Å². The number of methoxy groups -OCH3 is 1. The lowest BCUT2D eigenvalue weighted by molar-refractivity contribution is -0.145. The topological polar surface area (TPSA) is 151 Å². The first-order valence-corrected chi connectivity index (χ1v) is 10.7. The molecule has 0 spiro atoms. The second-order valence-electron chi connectivity index (χ2n) is 10.3. The zero-order chi connectivity index (χ0) is 26.5. The predicted molar refractivity (Wildman–Crippen MR) is 122 cm³/mol. The van der Waals surface area contributed by atoms with Crippen LogP contribution in [0.15, 0.2) is 18.2 Å². The largest absolute Gasteiger partial charge is 0.508 e. The number of carboxylic acids is 1. The van der Waals surface area contributed by atoms with Crippen molar-refractivity contribution in [3.05, 3.63) is 23.8 Å². The maximum atomic E-state index is 12.5. The number of nitrogens with two attached hydrogens (primary N) is 1. The van der Waals surface area contributed by atoms with Crippen molar-refractivity contribution in [3.63, 3.8) is 0 Å². The molecule has 10 heteroatoms. The van der Waals surface area contributed by atoms with Crippen molar-refractivity contribution in [2.24, 2.45) is 16.6 Å². The molecule has 1 unspecified atom stereocenters. The number of aliphatic carboxylic acids is 1. The fraction of sp³-hybridized carbons (Fsp3) is 0.583. The van der Waals surface area contributed by atoms with Gasteiger partial charge in [0.1, 0.15) is 11.6 Å². The molecule has 0 aliphatic carbocycles. The average molecular weight is 482 g/mol. The Morgan fingerprint density at radius 2 is 1.44 bits per heavy atom. The van der Waals surface area contributed by atoms with Crippen LogP contribution in [-0.4, -0.2) is 47.9 Å². The molecule has 0 aliphatic heterocycles. The van der Waals surface area contributed by atoms with Crippen LogP contribution in [0, 0.1) is 10.8 Å². The van der Waals surface area contributed by atoms with Crippen molar-refractivity contribution in [1.29, 1.82) is 0 Å². The van der Waals surface area contributed by atoms with Gasteiger partial charge in [0.2, 0.25) is 0 Å². The second-order valence-corrected chi connectivity index (χ2v) is 10.3. The van der Waals surface area contributed by atoms with Crippen molar-refractivity contribution in [2.45, 2.75) is 73.0 Å². The fourth-order valence-electron chi connectivity index (χ4n) is 2.70. The van der Waals surface area contributed by atoms with Crippen molar-refractivity contribution in [3.8, 4) is 11.5 Å². The molecule has 0 radical (unpaired) electrons. The van der Waals surface area contributed by atoms with Crippen molar-refractivity contribution < 1.29 is 43.2 Å². The highest BCUT2D eigenvalue weighted by molar-refractivity contribution is 5.82. The van der Waals surface area contributed by atoms with E-state index in [1.54, 1.807) is 41.5 Å². The second kappa shape index (κ2) is 10.9.